The third kappa shape index (κ3) is 2.93. The zero-order chi connectivity index (χ0) is 14.1. The maximum Gasteiger partial charge on any atom is 0.255 e. The molecule has 1 aromatic heterocycles. The summed E-state index contributed by atoms with van der Waals surface area (Å²) in [5, 5.41) is 2.99. The molecule has 0 aromatic carbocycles. The molecule has 0 bridgehead atoms. The molecule has 102 valence electrons. The second kappa shape index (κ2) is 5.14. The Morgan fingerprint density at radius 1 is 1.28 bits per heavy atom. The molecule has 0 radical (unpaired) electrons. The van der Waals surface area contributed by atoms with Crippen molar-refractivity contribution in [1.82, 2.24) is 5.32 Å². The highest BCUT2D eigenvalue weighted by Gasteiger charge is 2.27. The number of nitrogens with one attached hydrogen (secondary N) is 1. The summed E-state index contributed by atoms with van der Waals surface area (Å²) >= 11 is 0. The Hall–Kier alpha value is -1.29. The van der Waals surface area contributed by atoms with Gasteiger partial charge in [0.25, 0.3) is 5.91 Å². The Kier molecular flexibility index (Phi) is 4.22. The van der Waals surface area contributed by atoms with E-state index in [2.05, 4.69) is 26.1 Å². The lowest BCUT2D eigenvalue weighted by Crippen LogP contribution is -2.48. The van der Waals surface area contributed by atoms with Gasteiger partial charge in [0.05, 0.1) is 5.56 Å². The maximum absolute atomic E-state index is 12.3. The van der Waals surface area contributed by atoms with Crippen molar-refractivity contribution in [3.05, 3.63) is 22.6 Å². The highest BCUT2D eigenvalue weighted by molar-refractivity contribution is 5.97. The Morgan fingerprint density at radius 3 is 2.17 bits per heavy atom. The Bertz CT molecular complexity index is 441. The minimum Gasteiger partial charge on any atom is -0.466 e. The van der Waals surface area contributed by atoms with Gasteiger partial charge in [-0.3, -0.25) is 4.79 Å². The van der Waals surface area contributed by atoms with Crippen LogP contribution >= 0.6 is 0 Å². The van der Waals surface area contributed by atoms with Crippen LogP contribution in [-0.4, -0.2) is 18.5 Å². The van der Waals surface area contributed by atoms with Crippen molar-refractivity contribution in [3.63, 3.8) is 0 Å². The van der Waals surface area contributed by atoms with Gasteiger partial charge in [0.2, 0.25) is 0 Å². The first kappa shape index (κ1) is 14.8. The van der Waals surface area contributed by atoms with E-state index in [1.165, 1.54) is 0 Å². The number of furan rings is 1. The second-order valence-corrected chi connectivity index (χ2v) is 5.84. The molecule has 3 N–H and O–H groups in total. The molecule has 4 nitrogen and oxygen atoms in total. The predicted molar refractivity (Wildman–Crippen MR) is 72.7 cm³/mol. The van der Waals surface area contributed by atoms with Gasteiger partial charge in [0.1, 0.15) is 11.5 Å². The molecule has 18 heavy (non-hydrogen) atoms. The molecule has 0 aliphatic rings. The van der Waals surface area contributed by atoms with Gasteiger partial charge in [0.15, 0.2) is 0 Å². The zero-order valence-corrected chi connectivity index (χ0v) is 12.2. The quantitative estimate of drug-likeness (QED) is 0.867. The van der Waals surface area contributed by atoms with Gasteiger partial charge in [-0.1, -0.05) is 20.8 Å². The van der Waals surface area contributed by atoms with E-state index in [1.54, 1.807) is 0 Å². The zero-order valence-electron chi connectivity index (χ0n) is 12.2. The number of nitrogens with two attached hydrogens (primary N) is 1. The van der Waals surface area contributed by atoms with E-state index in [-0.39, 0.29) is 17.4 Å². The van der Waals surface area contributed by atoms with E-state index < -0.39 is 0 Å². The van der Waals surface area contributed by atoms with Gasteiger partial charge in [-0.15, -0.1) is 0 Å². The van der Waals surface area contributed by atoms with Gasteiger partial charge >= 0.3 is 0 Å². The minimum atomic E-state index is -0.104. The average Bonchev–Trinajstić information content (AvgIpc) is 2.48. The van der Waals surface area contributed by atoms with Crippen molar-refractivity contribution in [3.8, 4) is 0 Å². The monoisotopic (exact) mass is 252 g/mol. The highest BCUT2D eigenvalue weighted by atomic mass is 16.3. The van der Waals surface area contributed by atoms with Crippen molar-refractivity contribution in [2.45, 2.75) is 47.6 Å². The fourth-order valence-corrected chi connectivity index (χ4v) is 1.99. The number of carbonyl (C=O) groups is 1. The molecular formula is C14H24N2O2. The first-order chi connectivity index (χ1) is 8.18. The van der Waals surface area contributed by atoms with Crippen molar-refractivity contribution >= 4 is 5.91 Å². The average molecular weight is 252 g/mol. The Morgan fingerprint density at radius 2 is 1.83 bits per heavy atom. The van der Waals surface area contributed by atoms with Gasteiger partial charge in [-0.2, -0.15) is 0 Å². The first-order valence-corrected chi connectivity index (χ1v) is 6.26. The summed E-state index contributed by atoms with van der Waals surface area (Å²) in [4.78, 5) is 12.3. The number of hydrogen-bond donors (Lipinski definition) is 2. The smallest absolute Gasteiger partial charge is 0.255 e. The minimum absolute atomic E-state index is 0.0565. The SMILES string of the molecule is Cc1oc(C)c(C(=O)NC(CN)C(C)(C)C)c1C. The van der Waals surface area contributed by atoms with Crippen molar-refractivity contribution < 1.29 is 9.21 Å². The van der Waals surface area contributed by atoms with E-state index in [0.29, 0.717) is 17.9 Å². The molecule has 1 atom stereocenters. The van der Waals surface area contributed by atoms with Crippen LogP contribution in [0.25, 0.3) is 0 Å². The number of amides is 1. The van der Waals surface area contributed by atoms with E-state index in [0.717, 1.165) is 11.3 Å². The Balaban J connectivity index is 2.95. The predicted octanol–water partition coefficient (Wildman–Crippen LogP) is 2.31. The number of rotatable bonds is 3. The lowest BCUT2D eigenvalue weighted by atomic mass is 9.86. The molecule has 0 saturated heterocycles. The fourth-order valence-electron chi connectivity index (χ4n) is 1.99. The van der Waals surface area contributed by atoms with Crippen LogP contribution in [0.4, 0.5) is 0 Å². The third-order valence-corrected chi connectivity index (χ3v) is 3.37. The van der Waals surface area contributed by atoms with Crippen LogP contribution in [0.1, 0.15) is 48.2 Å². The number of carbonyl (C=O) groups excluding carboxylic acids is 1. The highest BCUT2D eigenvalue weighted by Crippen LogP contribution is 2.23. The van der Waals surface area contributed by atoms with Crippen LogP contribution in [0, 0.1) is 26.2 Å². The van der Waals surface area contributed by atoms with Crippen LogP contribution in [0.2, 0.25) is 0 Å². The van der Waals surface area contributed by atoms with Gasteiger partial charge in [-0.05, 0) is 26.2 Å². The summed E-state index contributed by atoms with van der Waals surface area (Å²) < 4.78 is 5.48. The van der Waals surface area contributed by atoms with Gasteiger partial charge in [0, 0.05) is 18.2 Å². The molecule has 0 spiro atoms. The third-order valence-electron chi connectivity index (χ3n) is 3.37. The molecule has 1 rings (SSSR count). The van der Waals surface area contributed by atoms with Crippen LogP contribution in [0.3, 0.4) is 0 Å². The van der Waals surface area contributed by atoms with Crippen LogP contribution in [0.15, 0.2) is 4.42 Å². The molecule has 1 heterocycles. The van der Waals surface area contributed by atoms with Crippen LogP contribution in [-0.2, 0) is 0 Å². The summed E-state index contributed by atoms with van der Waals surface area (Å²) in [6.07, 6.45) is 0. The van der Waals surface area contributed by atoms with E-state index >= 15 is 0 Å². The van der Waals surface area contributed by atoms with E-state index in [4.69, 9.17) is 10.2 Å². The molecule has 0 fully saturated rings. The summed E-state index contributed by atoms with van der Waals surface area (Å²) in [6, 6.07) is -0.0565. The molecule has 0 aliphatic carbocycles. The summed E-state index contributed by atoms with van der Waals surface area (Å²) in [7, 11) is 0. The van der Waals surface area contributed by atoms with Crippen LogP contribution in [0.5, 0.6) is 0 Å². The second-order valence-electron chi connectivity index (χ2n) is 5.84. The standard InChI is InChI=1S/C14H24N2O2/c1-8-9(2)18-10(3)12(8)13(17)16-11(7-15)14(4,5)6/h11H,7,15H2,1-6H3,(H,16,17). The molecule has 1 amide bonds. The summed E-state index contributed by atoms with van der Waals surface area (Å²) in [5.41, 5.74) is 7.20. The van der Waals surface area contributed by atoms with Crippen molar-refractivity contribution in [2.75, 3.05) is 6.54 Å². The molecule has 0 aliphatic heterocycles. The number of hydrogen-bond acceptors (Lipinski definition) is 3. The van der Waals surface area contributed by atoms with E-state index in [1.807, 2.05) is 20.8 Å². The van der Waals surface area contributed by atoms with Crippen molar-refractivity contribution in [1.29, 1.82) is 0 Å². The van der Waals surface area contributed by atoms with Crippen LogP contribution < -0.4 is 11.1 Å². The van der Waals surface area contributed by atoms with Crippen molar-refractivity contribution in [2.24, 2.45) is 11.1 Å². The number of aryl methyl sites for hydroxylation is 2. The van der Waals surface area contributed by atoms with Gasteiger partial charge in [-0.25, -0.2) is 0 Å². The first-order valence-electron chi connectivity index (χ1n) is 6.26. The normalized spacial score (nSPS) is 13.5. The molecule has 4 heteroatoms. The fraction of sp³-hybridized carbons (Fsp3) is 0.643. The lowest BCUT2D eigenvalue weighted by Gasteiger charge is -2.30. The summed E-state index contributed by atoms with van der Waals surface area (Å²) in [5.74, 6) is 1.34. The molecule has 0 saturated carbocycles. The van der Waals surface area contributed by atoms with E-state index in [9.17, 15) is 4.79 Å². The molecule has 1 aromatic rings. The molecular weight excluding hydrogens is 228 g/mol. The molecule has 1 unspecified atom stereocenters. The van der Waals surface area contributed by atoms with Gasteiger partial charge < -0.3 is 15.5 Å². The maximum atomic E-state index is 12.3. The largest absolute Gasteiger partial charge is 0.466 e. The topological polar surface area (TPSA) is 68.3 Å². The summed E-state index contributed by atoms with van der Waals surface area (Å²) in [6.45, 7) is 12.2. The lowest BCUT2D eigenvalue weighted by molar-refractivity contribution is 0.0903. The Labute approximate surface area is 109 Å².